The van der Waals surface area contributed by atoms with Gasteiger partial charge in [0, 0.05) is 35.7 Å². The molecule has 3 rings (SSSR count). The molecule has 1 saturated heterocycles. The van der Waals surface area contributed by atoms with Crippen LogP contribution >= 0.6 is 15.9 Å². The van der Waals surface area contributed by atoms with E-state index in [1.165, 1.54) is 12.8 Å². The molecule has 2 aromatic heterocycles. The van der Waals surface area contributed by atoms with E-state index in [0.29, 0.717) is 4.83 Å². The van der Waals surface area contributed by atoms with Crippen molar-refractivity contribution >= 4 is 27.3 Å². The number of hydrogen-bond donors (Lipinski definition) is 0. The average molecular weight is 337 g/mol. The first kappa shape index (κ1) is 13.9. The Morgan fingerprint density at radius 1 is 1.25 bits per heavy atom. The monoisotopic (exact) mass is 336 g/mol. The van der Waals surface area contributed by atoms with Gasteiger partial charge in [-0.05, 0) is 18.9 Å². The Kier molecular flexibility index (Phi) is 3.48. The lowest BCUT2D eigenvalue weighted by atomic mass is 9.92. The number of fused-ring (bicyclic) bond motifs is 1. The summed E-state index contributed by atoms with van der Waals surface area (Å²) in [4.78, 5) is 7.62. The molecular formula is C15H21BrN4. The van der Waals surface area contributed by atoms with Crippen LogP contribution in [0.1, 0.15) is 39.3 Å². The van der Waals surface area contributed by atoms with Crippen molar-refractivity contribution < 1.29 is 0 Å². The van der Waals surface area contributed by atoms with Crippen LogP contribution in [0.5, 0.6) is 0 Å². The molecule has 20 heavy (non-hydrogen) atoms. The molecule has 3 heterocycles. The quantitative estimate of drug-likeness (QED) is 0.748. The fourth-order valence-corrected chi connectivity index (χ4v) is 2.99. The van der Waals surface area contributed by atoms with Crippen molar-refractivity contribution in [3.8, 4) is 0 Å². The van der Waals surface area contributed by atoms with Crippen LogP contribution in [0, 0.1) is 0 Å². The topological polar surface area (TPSA) is 33.4 Å². The highest BCUT2D eigenvalue weighted by atomic mass is 79.9. The number of piperidine rings is 1. The van der Waals surface area contributed by atoms with Crippen molar-refractivity contribution in [1.29, 1.82) is 0 Å². The highest BCUT2D eigenvalue weighted by molar-refractivity contribution is 9.09. The van der Waals surface area contributed by atoms with E-state index in [1.54, 1.807) is 0 Å². The molecule has 0 spiro atoms. The lowest BCUT2D eigenvalue weighted by Crippen LogP contribution is -2.34. The van der Waals surface area contributed by atoms with Gasteiger partial charge in [0.15, 0.2) is 5.82 Å². The second-order valence-electron chi connectivity index (χ2n) is 6.52. The lowest BCUT2D eigenvalue weighted by Gasteiger charge is -2.30. The predicted molar refractivity (Wildman–Crippen MR) is 85.8 cm³/mol. The van der Waals surface area contributed by atoms with Crippen molar-refractivity contribution in [3.05, 3.63) is 24.2 Å². The molecule has 0 saturated carbocycles. The molecule has 0 unspecified atom stereocenters. The van der Waals surface area contributed by atoms with Crippen molar-refractivity contribution in [2.45, 2.75) is 43.9 Å². The first-order chi connectivity index (χ1) is 9.45. The second-order valence-corrected chi connectivity index (χ2v) is 7.82. The van der Waals surface area contributed by atoms with Gasteiger partial charge in [0.25, 0.3) is 0 Å². The molecule has 1 fully saturated rings. The van der Waals surface area contributed by atoms with E-state index in [2.05, 4.69) is 52.7 Å². The largest absolute Gasteiger partial charge is 0.355 e. The molecule has 0 radical (unpaired) electrons. The predicted octanol–water partition coefficient (Wildman–Crippen LogP) is 3.39. The normalized spacial score (nSPS) is 17.9. The fraction of sp³-hybridized carbons (Fsp3) is 0.600. The number of halogens is 1. The SMILES string of the molecule is CC(C)(C)c1cc2c(N3CCC(Br)CC3)nccn2n1. The minimum Gasteiger partial charge on any atom is -0.355 e. The molecule has 0 aliphatic carbocycles. The zero-order chi connectivity index (χ0) is 14.3. The summed E-state index contributed by atoms with van der Waals surface area (Å²) >= 11 is 3.70. The van der Waals surface area contributed by atoms with E-state index in [4.69, 9.17) is 5.10 Å². The molecule has 0 amide bonds. The summed E-state index contributed by atoms with van der Waals surface area (Å²) in [6, 6.07) is 2.18. The van der Waals surface area contributed by atoms with Gasteiger partial charge in [0.05, 0.1) is 5.69 Å². The highest BCUT2D eigenvalue weighted by Crippen LogP contribution is 2.28. The number of anilines is 1. The lowest BCUT2D eigenvalue weighted by molar-refractivity contribution is 0.562. The molecular weight excluding hydrogens is 316 g/mol. The summed E-state index contributed by atoms with van der Waals surface area (Å²) in [6.07, 6.45) is 6.12. The van der Waals surface area contributed by atoms with E-state index in [1.807, 2.05) is 16.9 Å². The maximum absolute atomic E-state index is 4.70. The molecule has 0 atom stereocenters. The minimum atomic E-state index is 0.0616. The Morgan fingerprint density at radius 2 is 1.95 bits per heavy atom. The molecule has 0 bridgehead atoms. The summed E-state index contributed by atoms with van der Waals surface area (Å²) in [5.74, 6) is 1.06. The fourth-order valence-electron chi connectivity index (χ4n) is 2.58. The summed E-state index contributed by atoms with van der Waals surface area (Å²) in [5, 5.41) is 4.70. The Morgan fingerprint density at radius 3 is 2.60 bits per heavy atom. The number of hydrogen-bond acceptors (Lipinski definition) is 3. The number of rotatable bonds is 1. The maximum Gasteiger partial charge on any atom is 0.154 e. The number of aromatic nitrogens is 3. The Hall–Kier alpha value is -1.10. The van der Waals surface area contributed by atoms with Crippen LogP contribution in [-0.2, 0) is 5.41 Å². The van der Waals surface area contributed by atoms with Gasteiger partial charge in [-0.1, -0.05) is 36.7 Å². The van der Waals surface area contributed by atoms with Crippen LogP contribution in [0.25, 0.3) is 5.52 Å². The van der Waals surface area contributed by atoms with Gasteiger partial charge in [-0.2, -0.15) is 5.10 Å². The van der Waals surface area contributed by atoms with Crippen molar-refractivity contribution in [2.75, 3.05) is 18.0 Å². The van der Waals surface area contributed by atoms with Crippen LogP contribution < -0.4 is 4.90 Å². The summed E-state index contributed by atoms with van der Waals surface area (Å²) in [7, 11) is 0. The standard InChI is InChI=1S/C15H21BrN4/c1-15(2,3)13-10-12-14(17-6-9-20(12)18-13)19-7-4-11(16)5-8-19/h6,9-11H,4-5,7-8H2,1-3H3. The third-order valence-electron chi connectivity index (χ3n) is 3.86. The van der Waals surface area contributed by atoms with E-state index in [0.717, 1.165) is 30.1 Å². The van der Waals surface area contributed by atoms with Crippen LogP contribution in [0.3, 0.4) is 0 Å². The smallest absolute Gasteiger partial charge is 0.154 e. The highest BCUT2D eigenvalue weighted by Gasteiger charge is 2.23. The molecule has 5 heteroatoms. The van der Waals surface area contributed by atoms with E-state index >= 15 is 0 Å². The van der Waals surface area contributed by atoms with Crippen molar-refractivity contribution in [2.24, 2.45) is 0 Å². The third kappa shape index (κ3) is 2.55. The van der Waals surface area contributed by atoms with Crippen molar-refractivity contribution in [1.82, 2.24) is 14.6 Å². The Labute approximate surface area is 128 Å². The van der Waals surface area contributed by atoms with Gasteiger partial charge >= 0.3 is 0 Å². The number of nitrogens with zero attached hydrogens (tertiary/aromatic N) is 4. The summed E-state index contributed by atoms with van der Waals surface area (Å²) < 4.78 is 1.96. The van der Waals surface area contributed by atoms with Gasteiger partial charge < -0.3 is 4.90 Å². The first-order valence-corrected chi connectivity index (χ1v) is 8.10. The summed E-state index contributed by atoms with van der Waals surface area (Å²) in [5.41, 5.74) is 2.29. The van der Waals surface area contributed by atoms with Gasteiger partial charge in [-0.15, -0.1) is 0 Å². The zero-order valence-corrected chi connectivity index (χ0v) is 13.9. The number of alkyl halides is 1. The summed E-state index contributed by atoms with van der Waals surface area (Å²) in [6.45, 7) is 8.69. The Balaban J connectivity index is 2.01. The molecule has 108 valence electrons. The zero-order valence-electron chi connectivity index (χ0n) is 12.3. The third-order valence-corrected chi connectivity index (χ3v) is 4.78. The van der Waals surface area contributed by atoms with Crippen LogP contribution in [0.2, 0.25) is 0 Å². The van der Waals surface area contributed by atoms with Gasteiger partial charge in [0.1, 0.15) is 5.52 Å². The average Bonchev–Trinajstić information content (AvgIpc) is 2.83. The van der Waals surface area contributed by atoms with Crippen LogP contribution in [0.4, 0.5) is 5.82 Å². The molecule has 2 aromatic rings. The van der Waals surface area contributed by atoms with Crippen LogP contribution in [0.15, 0.2) is 18.5 Å². The van der Waals surface area contributed by atoms with E-state index in [9.17, 15) is 0 Å². The first-order valence-electron chi connectivity index (χ1n) is 7.19. The van der Waals surface area contributed by atoms with E-state index in [-0.39, 0.29) is 5.41 Å². The minimum absolute atomic E-state index is 0.0616. The molecule has 0 N–H and O–H groups in total. The van der Waals surface area contributed by atoms with Crippen LogP contribution in [-0.4, -0.2) is 32.5 Å². The molecule has 1 aliphatic heterocycles. The van der Waals surface area contributed by atoms with E-state index < -0.39 is 0 Å². The van der Waals surface area contributed by atoms with Gasteiger partial charge in [-0.25, -0.2) is 9.50 Å². The molecule has 0 aromatic carbocycles. The van der Waals surface area contributed by atoms with Gasteiger partial charge in [0.2, 0.25) is 0 Å². The molecule has 1 aliphatic rings. The maximum atomic E-state index is 4.70. The van der Waals surface area contributed by atoms with Gasteiger partial charge in [-0.3, -0.25) is 0 Å². The molecule has 4 nitrogen and oxygen atoms in total. The second kappa shape index (κ2) is 5.02. The van der Waals surface area contributed by atoms with Crippen molar-refractivity contribution in [3.63, 3.8) is 0 Å². The Bertz CT molecular complexity index is 606.